The van der Waals surface area contributed by atoms with Crippen LogP contribution in [0.4, 0.5) is 13.2 Å². The zero-order chi connectivity index (χ0) is 15.8. The van der Waals surface area contributed by atoms with Crippen molar-refractivity contribution in [3.05, 3.63) is 41.2 Å². The Bertz CT molecular complexity index is 753. The van der Waals surface area contributed by atoms with Crippen molar-refractivity contribution in [3.63, 3.8) is 0 Å². The number of nitrogens with one attached hydrogen (secondary N) is 1. The first-order valence-corrected chi connectivity index (χ1v) is 7.14. The molecule has 0 saturated heterocycles. The second-order valence-corrected chi connectivity index (χ2v) is 6.28. The first kappa shape index (κ1) is 15.4. The Morgan fingerprint density at radius 3 is 2.29 bits per heavy atom. The van der Waals surface area contributed by atoms with Gasteiger partial charge in [0.05, 0.1) is 6.54 Å². The summed E-state index contributed by atoms with van der Waals surface area (Å²) in [6.45, 7) is 1.33. The van der Waals surface area contributed by atoms with Crippen molar-refractivity contribution >= 4 is 10.0 Å². The molecular formula is C11H11F3N4O2S. The fourth-order valence-electron chi connectivity index (χ4n) is 1.68. The topological polar surface area (TPSA) is 79.0 Å². The largest absolute Gasteiger partial charge is 0.263 e. The van der Waals surface area contributed by atoms with Gasteiger partial charge in [-0.3, -0.25) is 5.10 Å². The number of aromatic nitrogens is 3. The van der Waals surface area contributed by atoms with Crippen molar-refractivity contribution < 1.29 is 21.6 Å². The van der Waals surface area contributed by atoms with E-state index in [1.165, 1.54) is 0 Å². The SMILES string of the molecule is Cc1nc(CN(C)S(=O)(=O)c2c(F)cc(F)cc2F)n[nH]1. The van der Waals surface area contributed by atoms with Gasteiger partial charge in [0.25, 0.3) is 0 Å². The average Bonchev–Trinajstić information content (AvgIpc) is 2.72. The van der Waals surface area contributed by atoms with E-state index in [9.17, 15) is 21.6 Å². The van der Waals surface area contributed by atoms with Gasteiger partial charge in [-0.2, -0.15) is 9.40 Å². The molecule has 0 aliphatic carbocycles. The number of nitrogens with zero attached hydrogens (tertiary/aromatic N) is 3. The highest BCUT2D eigenvalue weighted by atomic mass is 32.2. The third kappa shape index (κ3) is 3.05. The first-order chi connectivity index (χ1) is 9.71. The zero-order valence-electron chi connectivity index (χ0n) is 11.1. The Labute approximate surface area is 118 Å². The summed E-state index contributed by atoms with van der Waals surface area (Å²) in [4.78, 5) is 2.69. The molecule has 2 aromatic rings. The second kappa shape index (κ2) is 5.45. The molecule has 0 aliphatic rings. The summed E-state index contributed by atoms with van der Waals surface area (Å²) in [5.41, 5.74) is 0. The predicted octanol–water partition coefficient (Wildman–Crippen LogP) is 1.35. The first-order valence-electron chi connectivity index (χ1n) is 5.70. The fraction of sp³-hybridized carbons (Fsp3) is 0.273. The fourth-order valence-corrected chi connectivity index (χ4v) is 2.88. The quantitative estimate of drug-likeness (QED) is 0.922. The Morgan fingerprint density at radius 2 is 1.81 bits per heavy atom. The minimum atomic E-state index is -4.48. The van der Waals surface area contributed by atoms with Gasteiger partial charge in [-0.1, -0.05) is 0 Å². The number of hydrogen-bond acceptors (Lipinski definition) is 4. The van der Waals surface area contributed by atoms with Gasteiger partial charge < -0.3 is 0 Å². The maximum absolute atomic E-state index is 13.6. The van der Waals surface area contributed by atoms with Crippen LogP contribution in [0.2, 0.25) is 0 Å². The number of sulfonamides is 1. The average molecular weight is 320 g/mol. The van der Waals surface area contributed by atoms with Gasteiger partial charge in [0.2, 0.25) is 10.0 Å². The van der Waals surface area contributed by atoms with E-state index < -0.39 is 32.4 Å². The Balaban J connectivity index is 2.38. The molecule has 0 bridgehead atoms. The van der Waals surface area contributed by atoms with Crippen LogP contribution in [0.5, 0.6) is 0 Å². The van der Waals surface area contributed by atoms with Crippen molar-refractivity contribution in [1.82, 2.24) is 19.5 Å². The van der Waals surface area contributed by atoms with Gasteiger partial charge in [-0.15, -0.1) is 0 Å². The third-order valence-corrected chi connectivity index (χ3v) is 4.49. The number of aryl methyl sites for hydroxylation is 1. The lowest BCUT2D eigenvalue weighted by Gasteiger charge is -2.16. The number of aromatic amines is 1. The predicted molar refractivity (Wildman–Crippen MR) is 66.1 cm³/mol. The summed E-state index contributed by atoms with van der Waals surface area (Å²) in [5.74, 6) is -3.58. The standard InChI is InChI=1S/C11H11F3N4O2S/c1-6-15-10(17-16-6)5-18(2)21(19,20)11-8(13)3-7(12)4-9(11)14/h3-4H,5H2,1-2H3,(H,15,16,17). The molecule has 1 aromatic carbocycles. The molecule has 2 rings (SSSR count). The molecule has 0 saturated carbocycles. The summed E-state index contributed by atoms with van der Waals surface area (Å²) in [6.07, 6.45) is 0. The van der Waals surface area contributed by atoms with E-state index in [1.807, 2.05) is 0 Å². The molecular weight excluding hydrogens is 309 g/mol. The third-order valence-electron chi connectivity index (χ3n) is 2.64. The minimum Gasteiger partial charge on any atom is -0.263 e. The molecule has 1 N–H and O–H groups in total. The molecule has 0 aliphatic heterocycles. The van der Waals surface area contributed by atoms with E-state index in [0.717, 1.165) is 7.05 Å². The van der Waals surface area contributed by atoms with Crippen LogP contribution in [0.1, 0.15) is 11.6 Å². The molecule has 6 nitrogen and oxygen atoms in total. The number of hydrogen-bond donors (Lipinski definition) is 1. The normalized spacial score (nSPS) is 12.1. The number of rotatable bonds is 4. The molecule has 1 aromatic heterocycles. The molecule has 0 unspecified atom stereocenters. The molecule has 0 atom stereocenters. The van der Waals surface area contributed by atoms with Gasteiger partial charge in [0.1, 0.15) is 23.3 Å². The summed E-state index contributed by atoms with van der Waals surface area (Å²) >= 11 is 0. The lowest BCUT2D eigenvalue weighted by molar-refractivity contribution is 0.437. The van der Waals surface area contributed by atoms with Crippen LogP contribution in [0, 0.1) is 24.4 Å². The maximum atomic E-state index is 13.6. The van der Waals surface area contributed by atoms with Crippen LogP contribution in [-0.4, -0.2) is 35.0 Å². The van der Waals surface area contributed by atoms with Crippen molar-refractivity contribution in [2.24, 2.45) is 0 Å². The highest BCUT2D eigenvalue weighted by Crippen LogP contribution is 2.23. The molecule has 21 heavy (non-hydrogen) atoms. The molecule has 0 amide bonds. The van der Waals surface area contributed by atoms with Gasteiger partial charge in [-0.05, 0) is 6.92 Å². The van der Waals surface area contributed by atoms with Crippen LogP contribution in [0.25, 0.3) is 0 Å². The van der Waals surface area contributed by atoms with Gasteiger partial charge >= 0.3 is 0 Å². The van der Waals surface area contributed by atoms with Crippen LogP contribution in [0.3, 0.4) is 0 Å². The summed E-state index contributed by atoms with van der Waals surface area (Å²) in [7, 11) is -3.37. The van der Waals surface area contributed by atoms with E-state index >= 15 is 0 Å². The van der Waals surface area contributed by atoms with Crippen LogP contribution in [-0.2, 0) is 16.6 Å². The van der Waals surface area contributed by atoms with Crippen molar-refractivity contribution in [2.75, 3.05) is 7.05 Å². The zero-order valence-corrected chi connectivity index (χ0v) is 11.9. The monoisotopic (exact) mass is 320 g/mol. The number of H-pyrrole nitrogens is 1. The van der Waals surface area contributed by atoms with Crippen molar-refractivity contribution in [2.45, 2.75) is 18.4 Å². The lowest BCUT2D eigenvalue weighted by atomic mass is 10.3. The van der Waals surface area contributed by atoms with Crippen LogP contribution >= 0.6 is 0 Å². The van der Waals surface area contributed by atoms with E-state index in [-0.39, 0.29) is 12.4 Å². The van der Waals surface area contributed by atoms with Gasteiger partial charge in [0.15, 0.2) is 10.7 Å². The molecule has 10 heteroatoms. The molecule has 0 spiro atoms. The lowest BCUT2D eigenvalue weighted by Crippen LogP contribution is -2.28. The smallest absolute Gasteiger partial charge is 0.249 e. The molecule has 0 radical (unpaired) electrons. The van der Waals surface area contributed by atoms with Crippen LogP contribution in [0.15, 0.2) is 17.0 Å². The van der Waals surface area contributed by atoms with Crippen molar-refractivity contribution in [1.29, 1.82) is 0 Å². The second-order valence-electron chi connectivity index (χ2n) is 4.30. The summed E-state index contributed by atoms with van der Waals surface area (Å²) in [6, 6.07) is 0.613. The molecule has 114 valence electrons. The van der Waals surface area contributed by atoms with E-state index in [4.69, 9.17) is 0 Å². The van der Waals surface area contributed by atoms with Gasteiger partial charge in [0, 0.05) is 19.2 Å². The number of halogens is 3. The summed E-state index contributed by atoms with van der Waals surface area (Å²) < 4.78 is 65.0. The Hall–Kier alpha value is -1.94. The Kier molecular flexibility index (Phi) is 4.01. The maximum Gasteiger partial charge on any atom is 0.249 e. The van der Waals surface area contributed by atoms with Crippen LogP contribution < -0.4 is 0 Å². The number of benzene rings is 1. The highest BCUT2D eigenvalue weighted by molar-refractivity contribution is 7.89. The molecule has 0 fully saturated rings. The Morgan fingerprint density at radius 1 is 1.24 bits per heavy atom. The highest BCUT2D eigenvalue weighted by Gasteiger charge is 2.30. The van der Waals surface area contributed by atoms with Crippen molar-refractivity contribution in [3.8, 4) is 0 Å². The summed E-state index contributed by atoms with van der Waals surface area (Å²) in [5, 5.41) is 6.25. The van der Waals surface area contributed by atoms with E-state index in [2.05, 4.69) is 15.2 Å². The van der Waals surface area contributed by atoms with Gasteiger partial charge in [-0.25, -0.2) is 26.6 Å². The minimum absolute atomic E-state index is 0.140. The molecule has 1 heterocycles. The van der Waals surface area contributed by atoms with E-state index in [0.29, 0.717) is 22.3 Å². The van der Waals surface area contributed by atoms with E-state index in [1.54, 1.807) is 6.92 Å².